The number of guanidine groups is 1. The number of rotatable bonds is 5. The van der Waals surface area contributed by atoms with Crippen LogP contribution in [0.5, 0.6) is 5.75 Å². The first-order valence-electron chi connectivity index (χ1n) is 10.6. The molecule has 2 aliphatic rings. The standard InChI is InChI=1S/C22H36N4O2/c1-6-23-21(24-14-16(2)26-11-12-27-15-17(26)3)25-19-13-22(4,5)28-20-10-8-7-9-18(19)20/h7-10,16-17,19H,6,11-15H2,1-5H3,(H2,23,24,25). The molecule has 0 spiro atoms. The zero-order valence-electron chi connectivity index (χ0n) is 18.0. The Morgan fingerprint density at radius 1 is 1.36 bits per heavy atom. The molecule has 1 saturated heterocycles. The van der Waals surface area contributed by atoms with Crippen LogP contribution < -0.4 is 15.4 Å². The zero-order chi connectivity index (χ0) is 20.1. The van der Waals surface area contributed by atoms with Crippen LogP contribution in [-0.4, -0.2) is 61.4 Å². The molecule has 2 heterocycles. The van der Waals surface area contributed by atoms with Crippen LogP contribution in [0, 0.1) is 0 Å². The van der Waals surface area contributed by atoms with Gasteiger partial charge in [0.15, 0.2) is 5.96 Å². The Kier molecular flexibility index (Phi) is 6.83. The molecule has 0 aromatic heterocycles. The first-order chi connectivity index (χ1) is 13.4. The number of nitrogens with one attached hydrogen (secondary N) is 2. The van der Waals surface area contributed by atoms with Crippen LogP contribution >= 0.6 is 0 Å². The molecule has 156 valence electrons. The highest BCUT2D eigenvalue weighted by Gasteiger charge is 2.34. The van der Waals surface area contributed by atoms with Gasteiger partial charge in [0.2, 0.25) is 0 Å². The van der Waals surface area contributed by atoms with E-state index in [9.17, 15) is 0 Å². The molecule has 2 aliphatic heterocycles. The first kappa shape index (κ1) is 20.9. The monoisotopic (exact) mass is 388 g/mol. The predicted molar refractivity (Wildman–Crippen MR) is 114 cm³/mol. The lowest BCUT2D eigenvalue weighted by atomic mass is 9.90. The van der Waals surface area contributed by atoms with E-state index in [-0.39, 0.29) is 11.6 Å². The molecule has 6 nitrogen and oxygen atoms in total. The lowest BCUT2D eigenvalue weighted by Crippen LogP contribution is -2.50. The lowest BCUT2D eigenvalue weighted by Gasteiger charge is -2.39. The van der Waals surface area contributed by atoms with E-state index >= 15 is 0 Å². The van der Waals surface area contributed by atoms with Crippen LogP contribution in [0.2, 0.25) is 0 Å². The van der Waals surface area contributed by atoms with Crippen molar-refractivity contribution in [1.82, 2.24) is 15.5 Å². The number of morpholine rings is 1. The first-order valence-corrected chi connectivity index (χ1v) is 10.6. The molecular weight excluding hydrogens is 352 g/mol. The van der Waals surface area contributed by atoms with Crippen LogP contribution in [0.15, 0.2) is 29.3 Å². The maximum absolute atomic E-state index is 6.16. The Morgan fingerprint density at radius 3 is 2.89 bits per heavy atom. The van der Waals surface area contributed by atoms with Crippen molar-refractivity contribution in [3.63, 3.8) is 0 Å². The fourth-order valence-electron chi connectivity index (χ4n) is 4.14. The van der Waals surface area contributed by atoms with Crippen LogP contribution in [0.25, 0.3) is 0 Å². The highest BCUT2D eigenvalue weighted by atomic mass is 16.5. The van der Waals surface area contributed by atoms with E-state index in [4.69, 9.17) is 14.5 Å². The van der Waals surface area contributed by atoms with Crippen molar-refractivity contribution in [3.8, 4) is 5.75 Å². The minimum absolute atomic E-state index is 0.176. The summed E-state index contributed by atoms with van der Waals surface area (Å²) in [5.41, 5.74) is 0.988. The van der Waals surface area contributed by atoms with Crippen LogP contribution in [0.1, 0.15) is 52.6 Å². The van der Waals surface area contributed by atoms with E-state index < -0.39 is 0 Å². The third kappa shape index (κ3) is 5.17. The summed E-state index contributed by atoms with van der Waals surface area (Å²) in [7, 11) is 0. The highest BCUT2D eigenvalue weighted by molar-refractivity contribution is 5.80. The molecule has 0 aliphatic carbocycles. The second-order valence-electron chi connectivity index (χ2n) is 8.53. The van der Waals surface area contributed by atoms with Gasteiger partial charge in [0, 0.05) is 37.2 Å². The van der Waals surface area contributed by atoms with Gasteiger partial charge in [-0.2, -0.15) is 0 Å². The van der Waals surface area contributed by atoms with E-state index in [0.29, 0.717) is 12.1 Å². The summed E-state index contributed by atoms with van der Waals surface area (Å²) in [6.45, 7) is 15.1. The Balaban J connectivity index is 1.71. The largest absolute Gasteiger partial charge is 0.487 e. The van der Waals surface area contributed by atoms with Gasteiger partial charge in [-0.15, -0.1) is 0 Å². The van der Waals surface area contributed by atoms with Crippen LogP contribution in [0.4, 0.5) is 0 Å². The number of fused-ring (bicyclic) bond motifs is 1. The molecular formula is C22H36N4O2. The number of nitrogens with zero attached hydrogens (tertiary/aromatic N) is 2. The lowest BCUT2D eigenvalue weighted by molar-refractivity contribution is -0.0166. The molecule has 1 fully saturated rings. The van der Waals surface area contributed by atoms with Gasteiger partial charge in [-0.3, -0.25) is 9.89 Å². The molecule has 1 aromatic carbocycles. The molecule has 0 saturated carbocycles. The summed E-state index contributed by atoms with van der Waals surface area (Å²) >= 11 is 0. The molecule has 3 rings (SSSR count). The summed E-state index contributed by atoms with van der Waals surface area (Å²) < 4.78 is 11.7. The second kappa shape index (κ2) is 9.14. The van der Waals surface area contributed by atoms with Crippen molar-refractivity contribution in [2.45, 2.75) is 64.8 Å². The summed E-state index contributed by atoms with van der Waals surface area (Å²) in [4.78, 5) is 7.40. The Hall–Kier alpha value is -1.79. The number of aliphatic imine (C=N–C) groups is 1. The number of para-hydroxylation sites is 1. The van der Waals surface area contributed by atoms with Gasteiger partial charge >= 0.3 is 0 Å². The van der Waals surface area contributed by atoms with E-state index in [1.165, 1.54) is 5.56 Å². The van der Waals surface area contributed by atoms with Crippen molar-refractivity contribution in [2.24, 2.45) is 4.99 Å². The fraction of sp³-hybridized carbons (Fsp3) is 0.682. The van der Waals surface area contributed by atoms with E-state index in [1.807, 2.05) is 6.07 Å². The molecule has 3 atom stereocenters. The van der Waals surface area contributed by atoms with E-state index in [0.717, 1.165) is 51.0 Å². The summed E-state index contributed by atoms with van der Waals surface area (Å²) in [5, 5.41) is 7.07. The third-order valence-electron chi connectivity index (χ3n) is 5.53. The van der Waals surface area contributed by atoms with Crippen molar-refractivity contribution in [3.05, 3.63) is 29.8 Å². The Bertz CT molecular complexity index is 676. The Labute approximate surface area is 169 Å². The maximum Gasteiger partial charge on any atom is 0.191 e. The van der Waals surface area contributed by atoms with Gasteiger partial charge in [0.1, 0.15) is 11.4 Å². The zero-order valence-corrected chi connectivity index (χ0v) is 18.0. The molecule has 0 amide bonds. The van der Waals surface area contributed by atoms with Gasteiger partial charge in [-0.1, -0.05) is 18.2 Å². The quantitative estimate of drug-likeness (QED) is 0.600. The number of hydrogen-bond acceptors (Lipinski definition) is 4. The van der Waals surface area contributed by atoms with Gasteiger partial charge < -0.3 is 20.1 Å². The SMILES string of the molecule is CCNC(=NCC(C)N1CCOCC1C)NC1CC(C)(C)Oc2ccccc21. The third-order valence-corrected chi connectivity index (χ3v) is 5.53. The smallest absolute Gasteiger partial charge is 0.191 e. The van der Waals surface area contributed by atoms with Crippen molar-refractivity contribution >= 4 is 5.96 Å². The molecule has 2 N–H and O–H groups in total. The second-order valence-corrected chi connectivity index (χ2v) is 8.53. The van der Waals surface area contributed by atoms with Crippen LogP contribution in [-0.2, 0) is 4.74 Å². The van der Waals surface area contributed by atoms with Crippen molar-refractivity contribution in [1.29, 1.82) is 0 Å². The van der Waals surface area contributed by atoms with Gasteiger partial charge in [0.05, 0.1) is 25.8 Å². The van der Waals surface area contributed by atoms with Gasteiger partial charge in [-0.05, 0) is 40.7 Å². The fourth-order valence-corrected chi connectivity index (χ4v) is 4.14. The van der Waals surface area contributed by atoms with Crippen molar-refractivity contribution in [2.75, 3.05) is 32.8 Å². The molecule has 0 bridgehead atoms. The molecule has 0 radical (unpaired) electrons. The number of hydrogen-bond donors (Lipinski definition) is 2. The average molecular weight is 389 g/mol. The summed E-state index contributed by atoms with van der Waals surface area (Å²) in [5.74, 6) is 1.83. The molecule has 28 heavy (non-hydrogen) atoms. The highest BCUT2D eigenvalue weighted by Crippen LogP contribution is 2.39. The normalized spacial score (nSPS) is 26.1. The minimum Gasteiger partial charge on any atom is -0.487 e. The maximum atomic E-state index is 6.16. The average Bonchev–Trinajstić information content (AvgIpc) is 2.65. The topological polar surface area (TPSA) is 58.1 Å². The minimum atomic E-state index is -0.208. The van der Waals surface area contributed by atoms with Crippen LogP contribution in [0.3, 0.4) is 0 Å². The molecule has 1 aromatic rings. The number of ether oxygens (including phenoxy) is 2. The van der Waals surface area contributed by atoms with E-state index in [2.05, 4.69) is 68.4 Å². The Morgan fingerprint density at radius 2 is 2.14 bits per heavy atom. The van der Waals surface area contributed by atoms with Gasteiger partial charge in [0.25, 0.3) is 0 Å². The number of benzene rings is 1. The van der Waals surface area contributed by atoms with Crippen molar-refractivity contribution < 1.29 is 9.47 Å². The van der Waals surface area contributed by atoms with E-state index in [1.54, 1.807) is 0 Å². The summed E-state index contributed by atoms with van der Waals surface area (Å²) in [6, 6.07) is 9.30. The van der Waals surface area contributed by atoms with Gasteiger partial charge in [-0.25, -0.2) is 0 Å². The molecule has 3 unspecified atom stereocenters. The predicted octanol–water partition coefficient (Wildman–Crippen LogP) is 2.95. The molecule has 6 heteroatoms. The summed E-state index contributed by atoms with van der Waals surface area (Å²) in [6.07, 6.45) is 0.893.